The zero-order chi connectivity index (χ0) is 18.8. The molecule has 136 valence electrons. The van der Waals surface area contributed by atoms with Crippen LogP contribution in [0.4, 0.5) is 4.39 Å². The molecule has 1 aliphatic heterocycles. The highest BCUT2D eigenvalue weighted by atomic mass is 35.5. The first-order valence-corrected chi connectivity index (χ1v) is 8.79. The largest absolute Gasteiger partial charge is 0.508 e. The van der Waals surface area contributed by atoms with E-state index in [1.807, 2.05) is 19.1 Å². The van der Waals surface area contributed by atoms with Gasteiger partial charge in [0.05, 0.1) is 12.1 Å². The van der Waals surface area contributed by atoms with Gasteiger partial charge in [0, 0.05) is 17.1 Å². The normalized spacial score (nSPS) is 17.9. The van der Waals surface area contributed by atoms with Gasteiger partial charge in [-0.25, -0.2) is 4.39 Å². The van der Waals surface area contributed by atoms with E-state index in [2.05, 4.69) is 0 Å². The van der Waals surface area contributed by atoms with Crippen molar-refractivity contribution in [3.05, 3.63) is 70.5 Å². The van der Waals surface area contributed by atoms with Gasteiger partial charge in [0.25, 0.3) is 0 Å². The van der Waals surface area contributed by atoms with Crippen LogP contribution in [0.2, 0.25) is 5.02 Å². The van der Waals surface area contributed by atoms with Gasteiger partial charge in [0.1, 0.15) is 11.6 Å². The minimum Gasteiger partial charge on any atom is -0.508 e. The van der Waals surface area contributed by atoms with Gasteiger partial charge in [-0.3, -0.25) is 4.79 Å². The lowest BCUT2D eigenvalue weighted by molar-refractivity contribution is -0.133. The van der Waals surface area contributed by atoms with Gasteiger partial charge in [0.2, 0.25) is 5.91 Å². The molecule has 0 saturated carbocycles. The van der Waals surface area contributed by atoms with Crippen LogP contribution in [0, 0.1) is 5.82 Å². The quantitative estimate of drug-likeness (QED) is 0.853. The molecular weight excluding hydrogens is 355 g/mol. The van der Waals surface area contributed by atoms with E-state index in [0.29, 0.717) is 22.6 Å². The van der Waals surface area contributed by atoms with Crippen LogP contribution in [0.5, 0.6) is 5.75 Å². The predicted octanol–water partition coefficient (Wildman–Crippen LogP) is 3.89. The number of hydrogen-bond donors (Lipinski definition) is 2. The maximum absolute atomic E-state index is 14.3. The number of hydrogen-bond acceptors (Lipinski definition) is 3. The molecule has 6 heteroatoms. The molecule has 0 radical (unpaired) electrons. The topological polar surface area (TPSA) is 66.6 Å². The molecule has 1 amide bonds. The fraction of sp³-hybridized carbons (Fsp3) is 0.250. The number of carbonyl (C=O) groups is 1. The Morgan fingerprint density at radius 2 is 2.15 bits per heavy atom. The van der Waals surface area contributed by atoms with Gasteiger partial charge in [-0.1, -0.05) is 36.7 Å². The van der Waals surface area contributed by atoms with Crippen molar-refractivity contribution < 1.29 is 14.3 Å². The third-order valence-electron chi connectivity index (χ3n) is 4.56. The Morgan fingerprint density at radius 1 is 1.38 bits per heavy atom. The van der Waals surface area contributed by atoms with E-state index in [4.69, 9.17) is 17.3 Å². The number of halogens is 2. The summed E-state index contributed by atoms with van der Waals surface area (Å²) in [5, 5.41) is 10.2. The Balaban J connectivity index is 2.04. The van der Waals surface area contributed by atoms with E-state index >= 15 is 0 Å². The molecule has 4 nitrogen and oxygen atoms in total. The Kier molecular flexibility index (Phi) is 5.30. The monoisotopic (exact) mass is 374 g/mol. The zero-order valence-electron chi connectivity index (χ0n) is 14.3. The van der Waals surface area contributed by atoms with Gasteiger partial charge in [-0.05, 0) is 47.9 Å². The Bertz CT molecular complexity index is 869. The van der Waals surface area contributed by atoms with E-state index in [-0.39, 0.29) is 18.2 Å². The number of nitrogens with two attached hydrogens (primary N) is 1. The standard InChI is InChI=1S/C20H20ClFN2O2/c1-2-18(23)20(26)24-11-13(16-10-14(21)6-7-17(16)22)9-19(24)12-4-3-5-15(25)8-12/h3-10,18-19,25H,2,11,23H2,1H3. The average molecular weight is 375 g/mol. The summed E-state index contributed by atoms with van der Waals surface area (Å²) in [4.78, 5) is 14.4. The molecule has 2 aromatic rings. The van der Waals surface area contributed by atoms with E-state index in [1.165, 1.54) is 12.1 Å². The van der Waals surface area contributed by atoms with Crippen LogP contribution in [0.15, 0.2) is 48.5 Å². The number of amides is 1. The smallest absolute Gasteiger partial charge is 0.240 e. The summed E-state index contributed by atoms with van der Waals surface area (Å²) in [7, 11) is 0. The molecule has 2 atom stereocenters. The molecule has 1 aliphatic rings. The molecule has 0 saturated heterocycles. The third-order valence-corrected chi connectivity index (χ3v) is 4.80. The van der Waals surface area contributed by atoms with E-state index in [0.717, 1.165) is 5.56 Å². The van der Waals surface area contributed by atoms with E-state index < -0.39 is 17.9 Å². The highest BCUT2D eigenvalue weighted by Crippen LogP contribution is 2.37. The number of phenols is 1. The average Bonchev–Trinajstić information content (AvgIpc) is 3.07. The molecule has 26 heavy (non-hydrogen) atoms. The lowest BCUT2D eigenvalue weighted by Crippen LogP contribution is -2.43. The van der Waals surface area contributed by atoms with Crippen molar-refractivity contribution in [1.29, 1.82) is 0 Å². The number of nitrogens with zero attached hydrogens (tertiary/aromatic N) is 1. The summed E-state index contributed by atoms with van der Waals surface area (Å²) in [5.41, 5.74) is 7.71. The Labute approximate surface area is 156 Å². The summed E-state index contributed by atoms with van der Waals surface area (Å²) in [6.07, 6.45) is 2.33. The fourth-order valence-electron chi connectivity index (χ4n) is 3.12. The SMILES string of the molecule is CCC(N)C(=O)N1CC(c2cc(Cl)ccc2F)=CC1c1cccc(O)c1. The number of aromatic hydroxyl groups is 1. The van der Waals surface area contributed by atoms with Gasteiger partial charge >= 0.3 is 0 Å². The molecule has 1 heterocycles. The maximum atomic E-state index is 14.3. The van der Waals surface area contributed by atoms with Crippen LogP contribution in [-0.2, 0) is 4.79 Å². The van der Waals surface area contributed by atoms with E-state index in [9.17, 15) is 14.3 Å². The lowest BCUT2D eigenvalue weighted by Gasteiger charge is -2.27. The van der Waals surface area contributed by atoms with Crippen molar-refractivity contribution >= 4 is 23.1 Å². The van der Waals surface area contributed by atoms with Crippen LogP contribution < -0.4 is 5.73 Å². The summed E-state index contributed by atoms with van der Waals surface area (Å²) in [6.45, 7) is 2.07. The van der Waals surface area contributed by atoms with Crippen molar-refractivity contribution in [2.24, 2.45) is 5.73 Å². The van der Waals surface area contributed by atoms with Crippen LogP contribution >= 0.6 is 11.6 Å². The minimum atomic E-state index is -0.633. The molecular formula is C20H20ClFN2O2. The van der Waals surface area contributed by atoms with Gasteiger partial charge in [-0.2, -0.15) is 0 Å². The molecule has 2 aromatic carbocycles. The summed E-state index contributed by atoms with van der Waals surface area (Å²) < 4.78 is 14.3. The maximum Gasteiger partial charge on any atom is 0.240 e. The highest BCUT2D eigenvalue weighted by molar-refractivity contribution is 6.30. The Hall–Kier alpha value is -2.37. The molecule has 0 spiro atoms. The van der Waals surface area contributed by atoms with Gasteiger partial charge < -0.3 is 15.7 Å². The number of carbonyl (C=O) groups excluding carboxylic acids is 1. The first-order chi connectivity index (χ1) is 12.4. The molecule has 0 aliphatic carbocycles. The van der Waals surface area contributed by atoms with Crippen molar-refractivity contribution in [3.63, 3.8) is 0 Å². The molecule has 0 aromatic heterocycles. The van der Waals surface area contributed by atoms with Crippen molar-refractivity contribution in [2.45, 2.75) is 25.4 Å². The van der Waals surface area contributed by atoms with Crippen LogP contribution in [0.1, 0.15) is 30.5 Å². The summed E-state index contributed by atoms with van der Waals surface area (Å²) in [6, 6.07) is 9.96. The molecule has 3 rings (SSSR count). The third kappa shape index (κ3) is 3.59. The minimum absolute atomic E-state index is 0.102. The lowest BCUT2D eigenvalue weighted by atomic mass is 10.0. The van der Waals surface area contributed by atoms with Crippen molar-refractivity contribution in [2.75, 3.05) is 6.54 Å². The number of benzene rings is 2. The highest BCUT2D eigenvalue weighted by Gasteiger charge is 2.33. The summed E-state index contributed by atoms with van der Waals surface area (Å²) >= 11 is 6.01. The second kappa shape index (κ2) is 7.48. The van der Waals surface area contributed by atoms with Gasteiger partial charge in [0.15, 0.2) is 0 Å². The van der Waals surface area contributed by atoms with Crippen LogP contribution in [0.3, 0.4) is 0 Å². The first-order valence-electron chi connectivity index (χ1n) is 8.41. The fourth-order valence-corrected chi connectivity index (χ4v) is 3.29. The van der Waals surface area contributed by atoms with E-state index in [1.54, 1.807) is 29.2 Å². The van der Waals surface area contributed by atoms with Crippen LogP contribution in [0.25, 0.3) is 5.57 Å². The zero-order valence-corrected chi connectivity index (χ0v) is 15.1. The summed E-state index contributed by atoms with van der Waals surface area (Å²) in [5.74, 6) is -0.510. The number of phenolic OH excluding ortho intramolecular Hbond substituents is 1. The second-order valence-corrected chi connectivity index (χ2v) is 6.77. The molecule has 2 unspecified atom stereocenters. The molecule has 0 bridgehead atoms. The molecule has 3 N–H and O–H groups in total. The first kappa shape index (κ1) is 18.4. The van der Waals surface area contributed by atoms with Gasteiger partial charge in [-0.15, -0.1) is 0 Å². The predicted molar refractivity (Wildman–Crippen MR) is 100 cm³/mol. The number of rotatable bonds is 4. The second-order valence-electron chi connectivity index (χ2n) is 6.34. The molecule has 0 fully saturated rings. The van der Waals surface area contributed by atoms with Crippen molar-refractivity contribution in [3.8, 4) is 5.75 Å². The Morgan fingerprint density at radius 3 is 2.85 bits per heavy atom. The van der Waals surface area contributed by atoms with Crippen molar-refractivity contribution in [1.82, 2.24) is 4.90 Å². The van der Waals surface area contributed by atoms with Crippen LogP contribution in [-0.4, -0.2) is 28.5 Å².